The van der Waals surface area contributed by atoms with E-state index in [4.69, 9.17) is 4.74 Å². The van der Waals surface area contributed by atoms with E-state index in [-0.39, 0.29) is 12.0 Å². The second kappa shape index (κ2) is 6.04. The van der Waals surface area contributed by atoms with E-state index in [0.717, 1.165) is 31.8 Å². The topological polar surface area (TPSA) is 59.4 Å². The summed E-state index contributed by atoms with van der Waals surface area (Å²) in [6, 6.07) is 8.05. The SMILES string of the molecule is O=C(CN1CCn2cncc2C1)NCC1Cc2ccccc2O1. The smallest absolute Gasteiger partial charge is 0.234 e. The zero-order chi connectivity index (χ0) is 15.6. The third-order valence-corrected chi connectivity index (χ3v) is 4.45. The summed E-state index contributed by atoms with van der Waals surface area (Å²) in [5.74, 6) is 0.994. The largest absolute Gasteiger partial charge is 0.488 e. The highest BCUT2D eigenvalue weighted by molar-refractivity contribution is 5.78. The normalized spacial score (nSPS) is 19.7. The Bertz CT molecular complexity index is 687. The number of nitrogens with one attached hydrogen (secondary N) is 1. The van der Waals surface area contributed by atoms with Crippen LogP contribution in [0, 0.1) is 0 Å². The van der Waals surface area contributed by atoms with Crippen molar-refractivity contribution in [1.82, 2.24) is 19.8 Å². The summed E-state index contributed by atoms with van der Waals surface area (Å²) in [7, 11) is 0. The standard InChI is InChI=1S/C17H20N4O2/c22-17(11-20-5-6-21-12-18-8-14(21)10-20)19-9-15-7-13-3-1-2-4-16(13)23-15/h1-4,8,12,15H,5-7,9-11H2,(H,19,22). The molecule has 2 aliphatic heterocycles. The minimum Gasteiger partial charge on any atom is -0.488 e. The van der Waals surface area contributed by atoms with Gasteiger partial charge in [0.1, 0.15) is 11.9 Å². The molecule has 120 valence electrons. The monoisotopic (exact) mass is 312 g/mol. The van der Waals surface area contributed by atoms with E-state index in [1.165, 1.54) is 11.3 Å². The molecule has 0 spiro atoms. The highest BCUT2D eigenvalue weighted by atomic mass is 16.5. The number of nitrogens with zero attached hydrogens (tertiary/aromatic N) is 3. The lowest BCUT2D eigenvalue weighted by Gasteiger charge is -2.27. The van der Waals surface area contributed by atoms with E-state index in [2.05, 4.69) is 25.8 Å². The summed E-state index contributed by atoms with van der Waals surface area (Å²) >= 11 is 0. The van der Waals surface area contributed by atoms with Crippen molar-refractivity contribution in [1.29, 1.82) is 0 Å². The first-order chi connectivity index (χ1) is 11.3. The first-order valence-electron chi connectivity index (χ1n) is 8.00. The number of hydrogen-bond acceptors (Lipinski definition) is 4. The molecule has 6 heteroatoms. The van der Waals surface area contributed by atoms with Gasteiger partial charge in [-0.25, -0.2) is 4.98 Å². The molecule has 1 unspecified atom stereocenters. The van der Waals surface area contributed by atoms with E-state index in [0.29, 0.717) is 13.1 Å². The Morgan fingerprint density at radius 3 is 3.17 bits per heavy atom. The highest BCUT2D eigenvalue weighted by Gasteiger charge is 2.23. The second-order valence-corrected chi connectivity index (χ2v) is 6.14. The lowest BCUT2D eigenvalue weighted by atomic mass is 10.1. The average Bonchev–Trinajstić information content (AvgIpc) is 3.18. The molecule has 1 aromatic heterocycles. The molecule has 23 heavy (non-hydrogen) atoms. The van der Waals surface area contributed by atoms with Crippen LogP contribution in [0.2, 0.25) is 0 Å². The number of carbonyl (C=O) groups excluding carboxylic acids is 1. The minimum atomic E-state index is 0.0409. The molecule has 0 bridgehead atoms. The van der Waals surface area contributed by atoms with E-state index in [1.807, 2.05) is 30.7 Å². The number of hydrogen-bond donors (Lipinski definition) is 1. The van der Waals surface area contributed by atoms with Gasteiger partial charge in [-0.3, -0.25) is 9.69 Å². The van der Waals surface area contributed by atoms with Crippen LogP contribution in [0.5, 0.6) is 5.75 Å². The van der Waals surface area contributed by atoms with Gasteiger partial charge in [-0.15, -0.1) is 0 Å². The van der Waals surface area contributed by atoms with Gasteiger partial charge in [-0.05, 0) is 11.6 Å². The third-order valence-electron chi connectivity index (χ3n) is 4.45. The van der Waals surface area contributed by atoms with Crippen LogP contribution in [0.15, 0.2) is 36.8 Å². The Kier molecular flexibility index (Phi) is 3.75. The molecule has 4 rings (SSSR count). The number of carbonyl (C=O) groups is 1. The van der Waals surface area contributed by atoms with Gasteiger partial charge in [0.05, 0.1) is 25.1 Å². The van der Waals surface area contributed by atoms with Crippen molar-refractivity contribution in [2.45, 2.75) is 25.6 Å². The summed E-state index contributed by atoms with van der Waals surface area (Å²) in [6.07, 6.45) is 4.62. The molecule has 2 aliphatic rings. The molecule has 0 saturated carbocycles. The average molecular weight is 312 g/mol. The van der Waals surface area contributed by atoms with Crippen LogP contribution in [0.25, 0.3) is 0 Å². The Morgan fingerprint density at radius 1 is 1.35 bits per heavy atom. The number of imidazole rings is 1. The van der Waals surface area contributed by atoms with Crippen LogP contribution in [-0.4, -0.2) is 46.1 Å². The van der Waals surface area contributed by atoms with Gasteiger partial charge in [0.2, 0.25) is 5.91 Å². The van der Waals surface area contributed by atoms with Crippen molar-refractivity contribution in [3.05, 3.63) is 48.0 Å². The zero-order valence-electron chi connectivity index (χ0n) is 12.9. The van der Waals surface area contributed by atoms with Gasteiger partial charge >= 0.3 is 0 Å². The molecular formula is C17H20N4O2. The maximum atomic E-state index is 12.2. The van der Waals surface area contributed by atoms with Gasteiger partial charge in [0.25, 0.3) is 0 Å². The lowest BCUT2D eigenvalue weighted by Crippen LogP contribution is -2.43. The quantitative estimate of drug-likeness (QED) is 0.908. The molecule has 0 radical (unpaired) electrons. The maximum absolute atomic E-state index is 12.2. The van der Waals surface area contributed by atoms with Crippen molar-refractivity contribution in [2.75, 3.05) is 19.6 Å². The Labute approximate surface area is 135 Å². The summed E-state index contributed by atoms with van der Waals surface area (Å²) in [4.78, 5) is 18.5. The summed E-state index contributed by atoms with van der Waals surface area (Å²) in [6.45, 7) is 3.52. The predicted molar refractivity (Wildman–Crippen MR) is 85.1 cm³/mol. The minimum absolute atomic E-state index is 0.0409. The molecule has 3 heterocycles. The number of benzene rings is 1. The molecule has 6 nitrogen and oxygen atoms in total. The number of amides is 1. The predicted octanol–water partition coefficient (Wildman–Crippen LogP) is 0.819. The number of fused-ring (bicyclic) bond motifs is 2. The molecule has 2 aromatic rings. The molecule has 0 aliphatic carbocycles. The molecule has 1 amide bonds. The summed E-state index contributed by atoms with van der Waals surface area (Å²) in [5, 5.41) is 3.00. The fourth-order valence-corrected chi connectivity index (χ4v) is 3.23. The molecule has 1 aromatic carbocycles. The van der Waals surface area contributed by atoms with Gasteiger partial charge in [0, 0.05) is 32.3 Å². The fourth-order valence-electron chi connectivity index (χ4n) is 3.23. The maximum Gasteiger partial charge on any atom is 0.234 e. The van der Waals surface area contributed by atoms with Gasteiger partial charge in [-0.2, -0.15) is 0 Å². The van der Waals surface area contributed by atoms with Crippen molar-refractivity contribution in [3.63, 3.8) is 0 Å². The van der Waals surface area contributed by atoms with Gasteiger partial charge in [-0.1, -0.05) is 18.2 Å². The lowest BCUT2D eigenvalue weighted by molar-refractivity contribution is -0.122. The summed E-state index contributed by atoms with van der Waals surface area (Å²) < 4.78 is 7.98. The number of rotatable bonds is 4. The van der Waals surface area contributed by atoms with Crippen LogP contribution < -0.4 is 10.1 Å². The molecular weight excluding hydrogens is 292 g/mol. The van der Waals surface area contributed by atoms with Crippen molar-refractivity contribution in [3.8, 4) is 5.75 Å². The van der Waals surface area contributed by atoms with Crippen LogP contribution >= 0.6 is 0 Å². The van der Waals surface area contributed by atoms with E-state index in [9.17, 15) is 4.79 Å². The number of aromatic nitrogens is 2. The Hall–Kier alpha value is -2.34. The van der Waals surface area contributed by atoms with Crippen LogP contribution in [0.1, 0.15) is 11.3 Å². The van der Waals surface area contributed by atoms with Crippen LogP contribution in [0.3, 0.4) is 0 Å². The zero-order valence-corrected chi connectivity index (χ0v) is 12.9. The van der Waals surface area contributed by atoms with E-state index < -0.39 is 0 Å². The van der Waals surface area contributed by atoms with Crippen LogP contribution in [-0.2, 0) is 24.3 Å². The van der Waals surface area contributed by atoms with Crippen molar-refractivity contribution in [2.24, 2.45) is 0 Å². The third kappa shape index (κ3) is 3.07. The fraction of sp³-hybridized carbons (Fsp3) is 0.412. The van der Waals surface area contributed by atoms with E-state index >= 15 is 0 Å². The van der Waals surface area contributed by atoms with Gasteiger partial charge < -0.3 is 14.6 Å². The highest BCUT2D eigenvalue weighted by Crippen LogP contribution is 2.27. The molecule has 0 saturated heterocycles. The Morgan fingerprint density at radius 2 is 2.26 bits per heavy atom. The van der Waals surface area contributed by atoms with Crippen molar-refractivity contribution < 1.29 is 9.53 Å². The molecule has 1 atom stereocenters. The molecule has 1 N–H and O–H groups in total. The van der Waals surface area contributed by atoms with E-state index in [1.54, 1.807) is 0 Å². The van der Waals surface area contributed by atoms with Crippen molar-refractivity contribution >= 4 is 5.91 Å². The number of ether oxygens (including phenoxy) is 1. The first kappa shape index (κ1) is 14.3. The number of para-hydroxylation sites is 1. The first-order valence-corrected chi connectivity index (χ1v) is 8.00. The van der Waals surface area contributed by atoms with Crippen LogP contribution in [0.4, 0.5) is 0 Å². The van der Waals surface area contributed by atoms with Gasteiger partial charge in [0.15, 0.2) is 0 Å². The second-order valence-electron chi connectivity index (χ2n) is 6.14. The summed E-state index contributed by atoms with van der Waals surface area (Å²) in [5.41, 5.74) is 2.38. The Balaban J connectivity index is 1.24. The molecule has 0 fully saturated rings.